The molecular formula is C13H8N2O3. The number of fused-ring (bicyclic) bond motifs is 1. The Kier molecular flexibility index (Phi) is 2.30. The lowest BCUT2D eigenvalue weighted by Gasteiger charge is -2.01. The molecule has 3 aromatic rings. The van der Waals surface area contributed by atoms with Gasteiger partial charge in [-0.1, -0.05) is 23.4 Å². The van der Waals surface area contributed by atoms with Gasteiger partial charge in [0, 0.05) is 23.2 Å². The summed E-state index contributed by atoms with van der Waals surface area (Å²) < 4.78 is 5.06. The van der Waals surface area contributed by atoms with E-state index < -0.39 is 5.97 Å². The van der Waals surface area contributed by atoms with Crippen molar-refractivity contribution in [3.63, 3.8) is 0 Å². The number of hydrogen-bond donors (Lipinski definition) is 1. The summed E-state index contributed by atoms with van der Waals surface area (Å²) in [4.78, 5) is 15.0. The molecule has 88 valence electrons. The Labute approximate surface area is 102 Å². The van der Waals surface area contributed by atoms with Gasteiger partial charge in [-0.3, -0.25) is 4.98 Å². The summed E-state index contributed by atoms with van der Waals surface area (Å²) in [6, 6.07) is 10.7. The average molecular weight is 240 g/mol. The molecular weight excluding hydrogens is 232 g/mol. The van der Waals surface area contributed by atoms with E-state index in [9.17, 15) is 4.79 Å². The predicted octanol–water partition coefficient (Wildman–Crippen LogP) is 2.59. The molecule has 0 aliphatic rings. The van der Waals surface area contributed by atoms with Crippen LogP contribution in [0.25, 0.3) is 22.2 Å². The van der Waals surface area contributed by atoms with Crippen LogP contribution >= 0.6 is 0 Å². The van der Waals surface area contributed by atoms with Gasteiger partial charge >= 0.3 is 5.97 Å². The van der Waals surface area contributed by atoms with Gasteiger partial charge in [-0.05, 0) is 12.1 Å². The van der Waals surface area contributed by atoms with Crippen molar-refractivity contribution >= 4 is 16.9 Å². The predicted molar refractivity (Wildman–Crippen MR) is 64.2 cm³/mol. The minimum atomic E-state index is -1.11. The summed E-state index contributed by atoms with van der Waals surface area (Å²) in [5.41, 5.74) is 1.50. The van der Waals surface area contributed by atoms with Crippen molar-refractivity contribution in [2.45, 2.75) is 0 Å². The lowest BCUT2D eigenvalue weighted by Crippen LogP contribution is -1.94. The van der Waals surface area contributed by atoms with E-state index in [1.54, 1.807) is 12.3 Å². The summed E-state index contributed by atoms with van der Waals surface area (Å²) in [5, 5.41) is 13.2. The zero-order valence-electron chi connectivity index (χ0n) is 9.20. The van der Waals surface area contributed by atoms with Crippen LogP contribution in [0.5, 0.6) is 0 Å². The minimum Gasteiger partial charge on any atom is -0.476 e. The van der Waals surface area contributed by atoms with Crippen molar-refractivity contribution in [3.05, 3.63) is 48.3 Å². The van der Waals surface area contributed by atoms with Crippen LogP contribution in [-0.2, 0) is 0 Å². The van der Waals surface area contributed by atoms with E-state index in [4.69, 9.17) is 9.63 Å². The first-order valence-electron chi connectivity index (χ1n) is 5.30. The number of para-hydroxylation sites is 1. The van der Waals surface area contributed by atoms with Crippen LogP contribution < -0.4 is 0 Å². The molecule has 0 saturated carbocycles. The molecule has 0 atom stereocenters. The van der Waals surface area contributed by atoms with E-state index in [0.29, 0.717) is 5.76 Å². The molecule has 5 heteroatoms. The molecule has 0 bridgehead atoms. The van der Waals surface area contributed by atoms with Crippen molar-refractivity contribution in [3.8, 4) is 11.3 Å². The molecule has 0 spiro atoms. The van der Waals surface area contributed by atoms with Crippen molar-refractivity contribution in [2.75, 3.05) is 0 Å². The van der Waals surface area contributed by atoms with E-state index in [1.807, 2.05) is 24.3 Å². The summed E-state index contributed by atoms with van der Waals surface area (Å²) in [5.74, 6) is -0.686. The van der Waals surface area contributed by atoms with Gasteiger partial charge in [0.2, 0.25) is 0 Å². The van der Waals surface area contributed by atoms with Gasteiger partial charge in [0.15, 0.2) is 11.5 Å². The first kappa shape index (κ1) is 10.5. The van der Waals surface area contributed by atoms with Crippen LogP contribution in [0.4, 0.5) is 0 Å². The highest BCUT2D eigenvalue weighted by Crippen LogP contribution is 2.27. The Bertz CT molecular complexity index is 728. The van der Waals surface area contributed by atoms with Gasteiger partial charge in [-0.2, -0.15) is 0 Å². The van der Waals surface area contributed by atoms with E-state index in [1.165, 1.54) is 6.07 Å². The highest BCUT2D eigenvalue weighted by Gasteiger charge is 2.14. The fourth-order valence-corrected chi connectivity index (χ4v) is 1.81. The number of rotatable bonds is 2. The molecule has 0 radical (unpaired) electrons. The number of pyridine rings is 1. The lowest BCUT2D eigenvalue weighted by molar-refractivity contribution is 0.0686. The molecule has 5 nitrogen and oxygen atoms in total. The quantitative estimate of drug-likeness (QED) is 0.745. The molecule has 0 aliphatic carbocycles. The summed E-state index contributed by atoms with van der Waals surface area (Å²) in [7, 11) is 0. The third-order valence-corrected chi connectivity index (χ3v) is 2.64. The van der Waals surface area contributed by atoms with Crippen LogP contribution in [0.2, 0.25) is 0 Å². The molecule has 1 aromatic carbocycles. The van der Waals surface area contributed by atoms with E-state index in [2.05, 4.69) is 10.1 Å². The van der Waals surface area contributed by atoms with Crippen LogP contribution in [0.3, 0.4) is 0 Å². The highest BCUT2D eigenvalue weighted by molar-refractivity contribution is 5.94. The van der Waals surface area contributed by atoms with Crippen molar-refractivity contribution in [1.82, 2.24) is 10.1 Å². The molecule has 0 fully saturated rings. The van der Waals surface area contributed by atoms with E-state index >= 15 is 0 Å². The van der Waals surface area contributed by atoms with Gasteiger partial charge in [0.1, 0.15) is 0 Å². The number of carboxylic acid groups (broad SMARTS) is 1. The molecule has 3 rings (SSSR count). The van der Waals surface area contributed by atoms with E-state index in [-0.39, 0.29) is 5.69 Å². The molecule has 0 unspecified atom stereocenters. The number of carboxylic acids is 1. The Morgan fingerprint density at radius 3 is 2.83 bits per heavy atom. The Hall–Kier alpha value is -2.69. The maximum absolute atomic E-state index is 10.8. The maximum Gasteiger partial charge on any atom is 0.358 e. The largest absolute Gasteiger partial charge is 0.476 e. The summed E-state index contributed by atoms with van der Waals surface area (Å²) in [6.45, 7) is 0. The smallest absolute Gasteiger partial charge is 0.358 e. The maximum atomic E-state index is 10.8. The van der Waals surface area contributed by atoms with Gasteiger partial charge in [-0.25, -0.2) is 4.79 Å². The lowest BCUT2D eigenvalue weighted by atomic mass is 10.1. The van der Waals surface area contributed by atoms with Gasteiger partial charge in [-0.15, -0.1) is 0 Å². The first-order valence-corrected chi connectivity index (χ1v) is 5.30. The highest BCUT2D eigenvalue weighted by atomic mass is 16.5. The minimum absolute atomic E-state index is 0.106. The fraction of sp³-hybridized carbons (Fsp3) is 0. The van der Waals surface area contributed by atoms with Crippen LogP contribution in [-0.4, -0.2) is 21.2 Å². The summed E-state index contributed by atoms with van der Waals surface area (Å²) in [6.07, 6.45) is 1.65. The molecule has 2 heterocycles. The number of carbonyl (C=O) groups is 1. The normalized spacial score (nSPS) is 10.7. The van der Waals surface area contributed by atoms with Gasteiger partial charge in [0.05, 0.1) is 5.52 Å². The average Bonchev–Trinajstić information content (AvgIpc) is 2.87. The molecule has 1 N–H and O–H groups in total. The third-order valence-electron chi connectivity index (χ3n) is 2.64. The van der Waals surface area contributed by atoms with Crippen molar-refractivity contribution in [2.24, 2.45) is 0 Å². The van der Waals surface area contributed by atoms with Crippen molar-refractivity contribution < 1.29 is 14.4 Å². The first-order chi connectivity index (χ1) is 8.75. The topological polar surface area (TPSA) is 76.2 Å². The number of aromatic carboxylic acids is 1. The second kappa shape index (κ2) is 3.96. The fourth-order valence-electron chi connectivity index (χ4n) is 1.81. The monoisotopic (exact) mass is 240 g/mol. The standard InChI is InChI=1S/C13H8N2O3/c16-13(17)11-7-12(18-15-11)9-5-6-14-10-4-2-1-3-8(9)10/h1-7H,(H,16,17). The van der Waals surface area contributed by atoms with Crippen molar-refractivity contribution in [1.29, 1.82) is 0 Å². The molecule has 0 saturated heterocycles. The molecule has 2 aromatic heterocycles. The number of hydrogen-bond acceptors (Lipinski definition) is 4. The third kappa shape index (κ3) is 1.62. The zero-order chi connectivity index (χ0) is 12.5. The molecule has 0 aliphatic heterocycles. The second-order valence-electron chi connectivity index (χ2n) is 3.76. The van der Waals surface area contributed by atoms with Gasteiger partial charge < -0.3 is 9.63 Å². The van der Waals surface area contributed by atoms with Crippen LogP contribution in [0.15, 0.2) is 47.1 Å². The Balaban J connectivity index is 2.21. The van der Waals surface area contributed by atoms with Crippen LogP contribution in [0, 0.1) is 0 Å². The SMILES string of the molecule is O=C(O)c1cc(-c2ccnc3ccccc23)on1. The number of benzene rings is 1. The van der Waals surface area contributed by atoms with Crippen LogP contribution in [0.1, 0.15) is 10.5 Å². The summed E-state index contributed by atoms with van der Waals surface area (Å²) >= 11 is 0. The second-order valence-corrected chi connectivity index (χ2v) is 3.76. The zero-order valence-corrected chi connectivity index (χ0v) is 9.20. The Morgan fingerprint density at radius 2 is 2.06 bits per heavy atom. The molecule has 18 heavy (non-hydrogen) atoms. The Morgan fingerprint density at radius 1 is 1.22 bits per heavy atom. The van der Waals surface area contributed by atoms with E-state index in [0.717, 1.165) is 16.5 Å². The number of aromatic nitrogens is 2. The number of nitrogens with zero attached hydrogens (tertiary/aromatic N) is 2. The molecule has 0 amide bonds. The van der Waals surface area contributed by atoms with Gasteiger partial charge in [0.25, 0.3) is 0 Å².